The summed E-state index contributed by atoms with van der Waals surface area (Å²) in [6.45, 7) is 1.55. The summed E-state index contributed by atoms with van der Waals surface area (Å²) in [6.07, 6.45) is 6.68. The number of nitrogens with one attached hydrogen (secondary N) is 1. The maximum Gasteiger partial charge on any atom is 0.328 e. The number of esters is 1. The number of amides is 1. The van der Waals surface area contributed by atoms with Crippen LogP contribution in [0.2, 0.25) is 0 Å². The molecule has 1 aliphatic heterocycles. The third kappa shape index (κ3) is 4.83. The summed E-state index contributed by atoms with van der Waals surface area (Å²) < 4.78 is 16.6. The Morgan fingerprint density at radius 3 is 2.94 bits per heavy atom. The Labute approximate surface area is 183 Å². The van der Waals surface area contributed by atoms with Gasteiger partial charge in [-0.2, -0.15) is 0 Å². The molecule has 0 spiro atoms. The predicted molar refractivity (Wildman–Crippen MR) is 114 cm³/mol. The number of carbonyl (C=O) groups is 2. The molecule has 0 fully saturated rings. The number of hydrogen-bond acceptors (Lipinski definition) is 8. The van der Waals surface area contributed by atoms with Crippen LogP contribution in [0, 0.1) is 0 Å². The zero-order valence-electron chi connectivity index (χ0n) is 17.0. The van der Waals surface area contributed by atoms with Gasteiger partial charge in [0.2, 0.25) is 0 Å². The van der Waals surface area contributed by atoms with Gasteiger partial charge in [-0.25, -0.2) is 9.78 Å². The van der Waals surface area contributed by atoms with Crippen LogP contribution in [0.3, 0.4) is 0 Å². The van der Waals surface area contributed by atoms with Crippen LogP contribution in [0.15, 0.2) is 48.9 Å². The third-order valence-corrected chi connectivity index (χ3v) is 5.72. The second kappa shape index (κ2) is 9.13. The zero-order valence-corrected chi connectivity index (χ0v) is 17.8. The highest BCUT2D eigenvalue weighted by molar-refractivity contribution is 7.15. The minimum absolute atomic E-state index is 0.0135. The average molecular weight is 439 g/mol. The molecule has 0 saturated heterocycles. The molecule has 3 aromatic rings. The second-order valence-electron chi connectivity index (χ2n) is 7.01. The Hall–Kier alpha value is -3.46. The number of methoxy groups -OCH3 is 1. The van der Waals surface area contributed by atoms with Gasteiger partial charge in [-0.3, -0.25) is 9.78 Å². The van der Waals surface area contributed by atoms with E-state index >= 15 is 0 Å². The first-order valence-corrected chi connectivity index (χ1v) is 10.6. The monoisotopic (exact) mass is 439 g/mol. The van der Waals surface area contributed by atoms with E-state index in [4.69, 9.17) is 9.47 Å². The van der Waals surface area contributed by atoms with Gasteiger partial charge in [0, 0.05) is 18.0 Å². The Bertz CT molecular complexity index is 1090. The highest BCUT2D eigenvalue weighted by Crippen LogP contribution is 2.37. The van der Waals surface area contributed by atoms with Crippen LogP contribution in [0.4, 0.5) is 0 Å². The number of pyridine rings is 1. The molecular formula is C22H21N3O5S. The molecule has 3 heterocycles. The standard InChI is InChI=1S/C22H21N3O5S/c1-13(21(27)28-2)25-20(26)19-12-24-22(31-19)29-16-6-8-17-14(10-16)5-7-18(30-17)15-4-3-9-23-11-15/h3-4,6,8-13,18H,5,7H2,1-2H3,(H,25,26). The smallest absolute Gasteiger partial charge is 0.328 e. The van der Waals surface area contributed by atoms with E-state index in [0.717, 1.165) is 41.1 Å². The molecule has 1 aromatic carbocycles. The fourth-order valence-corrected chi connectivity index (χ4v) is 3.93. The highest BCUT2D eigenvalue weighted by atomic mass is 32.1. The van der Waals surface area contributed by atoms with Crippen molar-refractivity contribution in [1.82, 2.24) is 15.3 Å². The molecule has 2 unspecified atom stereocenters. The molecule has 0 bridgehead atoms. The van der Waals surface area contributed by atoms with Gasteiger partial charge in [-0.15, -0.1) is 0 Å². The van der Waals surface area contributed by atoms with Gasteiger partial charge in [-0.1, -0.05) is 17.4 Å². The average Bonchev–Trinajstić information content (AvgIpc) is 3.27. The van der Waals surface area contributed by atoms with E-state index in [-0.39, 0.29) is 6.10 Å². The number of hydrogen-bond donors (Lipinski definition) is 1. The van der Waals surface area contributed by atoms with E-state index in [1.165, 1.54) is 13.3 Å². The lowest BCUT2D eigenvalue weighted by Gasteiger charge is -2.26. The lowest BCUT2D eigenvalue weighted by Crippen LogP contribution is -2.38. The van der Waals surface area contributed by atoms with E-state index in [0.29, 0.717) is 15.8 Å². The minimum Gasteiger partial charge on any atom is -0.485 e. The van der Waals surface area contributed by atoms with Gasteiger partial charge in [-0.05, 0) is 49.6 Å². The maximum absolute atomic E-state index is 12.3. The number of nitrogens with zero attached hydrogens (tertiary/aromatic N) is 2. The van der Waals surface area contributed by atoms with Crippen molar-refractivity contribution >= 4 is 23.2 Å². The SMILES string of the molecule is COC(=O)C(C)NC(=O)c1cnc(Oc2ccc3c(c2)CCC(c2cccnc2)O3)s1. The summed E-state index contributed by atoms with van der Waals surface area (Å²) in [5, 5.41) is 2.90. The largest absolute Gasteiger partial charge is 0.485 e. The molecule has 4 rings (SSSR count). The molecule has 0 aliphatic carbocycles. The van der Waals surface area contributed by atoms with Crippen LogP contribution in [0.1, 0.15) is 40.2 Å². The van der Waals surface area contributed by atoms with Gasteiger partial charge < -0.3 is 19.5 Å². The molecule has 0 saturated carbocycles. The minimum atomic E-state index is -0.750. The van der Waals surface area contributed by atoms with Crippen LogP contribution in [0.25, 0.3) is 0 Å². The molecule has 160 valence electrons. The first-order chi connectivity index (χ1) is 15.0. The maximum atomic E-state index is 12.3. The van der Waals surface area contributed by atoms with Crippen LogP contribution >= 0.6 is 11.3 Å². The quantitative estimate of drug-likeness (QED) is 0.585. The van der Waals surface area contributed by atoms with Crippen LogP contribution in [0.5, 0.6) is 16.7 Å². The van der Waals surface area contributed by atoms with Crippen molar-refractivity contribution in [2.75, 3.05) is 7.11 Å². The molecule has 1 N–H and O–H groups in total. The number of rotatable bonds is 6. The van der Waals surface area contributed by atoms with E-state index in [1.807, 2.05) is 36.5 Å². The second-order valence-corrected chi connectivity index (χ2v) is 8.01. The van der Waals surface area contributed by atoms with Crippen molar-refractivity contribution in [1.29, 1.82) is 0 Å². The van der Waals surface area contributed by atoms with E-state index in [2.05, 4.69) is 20.0 Å². The van der Waals surface area contributed by atoms with Crippen molar-refractivity contribution in [3.8, 4) is 16.7 Å². The van der Waals surface area contributed by atoms with Crippen LogP contribution in [-0.4, -0.2) is 35.0 Å². The Morgan fingerprint density at radius 1 is 1.29 bits per heavy atom. The van der Waals surface area contributed by atoms with Crippen molar-refractivity contribution in [3.63, 3.8) is 0 Å². The lowest BCUT2D eigenvalue weighted by molar-refractivity contribution is -0.142. The van der Waals surface area contributed by atoms with Gasteiger partial charge in [0.1, 0.15) is 28.5 Å². The van der Waals surface area contributed by atoms with E-state index in [1.54, 1.807) is 13.1 Å². The topological polar surface area (TPSA) is 99.6 Å². The number of fused-ring (bicyclic) bond motifs is 1. The molecule has 0 radical (unpaired) electrons. The Morgan fingerprint density at radius 2 is 2.16 bits per heavy atom. The third-order valence-electron chi connectivity index (χ3n) is 4.85. The van der Waals surface area contributed by atoms with Crippen molar-refractivity contribution < 1.29 is 23.8 Å². The predicted octanol–water partition coefficient (Wildman–Crippen LogP) is 3.69. The van der Waals surface area contributed by atoms with Gasteiger partial charge in [0.15, 0.2) is 0 Å². The molecular weight excluding hydrogens is 418 g/mol. The molecule has 31 heavy (non-hydrogen) atoms. The number of aryl methyl sites for hydroxylation is 1. The van der Waals surface area contributed by atoms with Crippen LogP contribution in [-0.2, 0) is 16.0 Å². The number of ether oxygens (including phenoxy) is 3. The molecule has 2 aromatic heterocycles. The molecule has 1 amide bonds. The van der Waals surface area contributed by atoms with Crippen molar-refractivity contribution in [2.24, 2.45) is 0 Å². The Balaban J connectivity index is 1.40. The number of aromatic nitrogens is 2. The van der Waals surface area contributed by atoms with Gasteiger partial charge >= 0.3 is 5.97 Å². The van der Waals surface area contributed by atoms with E-state index < -0.39 is 17.9 Å². The zero-order chi connectivity index (χ0) is 21.8. The van der Waals surface area contributed by atoms with Crippen LogP contribution < -0.4 is 14.8 Å². The summed E-state index contributed by atoms with van der Waals surface area (Å²) in [7, 11) is 1.27. The number of benzene rings is 1. The summed E-state index contributed by atoms with van der Waals surface area (Å²) in [5.41, 5.74) is 2.11. The highest BCUT2D eigenvalue weighted by Gasteiger charge is 2.23. The molecule has 1 aliphatic rings. The number of carbonyl (C=O) groups excluding carboxylic acids is 2. The van der Waals surface area contributed by atoms with Crippen molar-refractivity contribution in [3.05, 3.63) is 64.9 Å². The molecule has 9 heteroatoms. The fraction of sp³-hybridized carbons (Fsp3) is 0.273. The van der Waals surface area contributed by atoms with Gasteiger partial charge in [0.05, 0.1) is 13.3 Å². The fourth-order valence-electron chi connectivity index (χ4n) is 3.24. The van der Waals surface area contributed by atoms with Crippen molar-refractivity contribution in [2.45, 2.75) is 31.9 Å². The van der Waals surface area contributed by atoms with E-state index in [9.17, 15) is 9.59 Å². The molecule has 2 atom stereocenters. The normalized spacial score (nSPS) is 15.9. The molecule has 8 nitrogen and oxygen atoms in total. The Kier molecular flexibility index (Phi) is 6.13. The number of thiazole rings is 1. The summed E-state index contributed by atoms with van der Waals surface area (Å²) >= 11 is 1.10. The van der Waals surface area contributed by atoms with Gasteiger partial charge in [0.25, 0.3) is 11.1 Å². The summed E-state index contributed by atoms with van der Waals surface area (Å²) in [4.78, 5) is 32.4. The summed E-state index contributed by atoms with van der Waals surface area (Å²) in [6, 6.07) is 8.79. The first-order valence-electron chi connectivity index (χ1n) is 9.75. The summed E-state index contributed by atoms with van der Waals surface area (Å²) in [5.74, 6) is 0.511. The lowest BCUT2D eigenvalue weighted by atomic mass is 9.98. The first kappa shape index (κ1) is 20.8.